The van der Waals surface area contributed by atoms with Crippen molar-refractivity contribution in [3.8, 4) is 0 Å². The molecule has 1 atom stereocenters. The first-order valence-electron chi connectivity index (χ1n) is 5.41. The Morgan fingerprint density at radius 3 is 2.29 bits per heavy atom. The fourth-order valence-corrected chi connectivity index (χ4v) is 1.42. The van der Waals surface area contributed by atoms with Crippen molar-refractivity contribution < 1.29 is 0 Å². The fraction of sp³-hybridized carbons (Fsp3) is 0.429. The lowest BCUT2D eigenvalue weighted by molar-refractivity contribution is 0.661. The van der Waals surface area contributed by atoms with Crippen molar-refractivity contribution >= 4 is 0 Å². The minimum atomic E-state index is 0.537. The smallest absolute Gasteiger partial charge is 0.00104 e. The molecule has 0 fully saturated rings. The Morgan fingerprint density at radius 1 is 1.07 bits per heavy atom. The summed E-state index contributed by atoms with van der Waals surface area (Å²) in [6.45, 7) is 6.74. The van der Waals surface area contributed by atoms with Crippen LogP contribution in [0.5, 0.6) is 0 Å². The molecule has 0 heteroatoms. The van der Waals surface area contributed by atoms with Gasteiger partial charge in [-0.05, 0) is 23.8 Å². The third kappa shape index (κ3) is 3.78. The Kier molecular flexibility index (Phi) is 4.45. The lowest BCUT2D eigenvalue weighted by atomic mass is 9.99. The van der Waals surface area contributed by atoms with Gasteiger partial charge in [0.1, 0.15) is 0 Å². The van der Waals surface area contributed by atoms with Crippen molar-refractivity contribution in [2.45, 2.75) is 33.1 Å². The molecule has 0 heterocycles. The molecule has 76 valence electrons. The van der Waals surface area contributed by atoms with E-state index in [1.54, 1.807) is 0 Å². The average Bonchev–Trinajstić information content (AvgIpc) is 2.18. The molecule has 0 aromatic heterocycles. The van der Waals surface area contributed by atoms with E-state index >= 15 is 0 Å². The second-order valence-electron chi connectivity index (χ2n) is 4.26. The van der Waals surface area contributed by atoms with Crippen LogP contribution < -0.4 is 0 Å². The highest BCUT2D eigenvalue weighted by Crippen LogP contribution is 2.16. The summed E-state index contributed by atoms with van der Waals surface area (Å²) in [6, 6.07) is 10.6. The summed E-state index contributed by atoms with van der Waals surface area (Å²) >= 11 is 0. The number of allylic oxidation sites excluding steroid dienone is 2. The third-order valence-corrected chi connectivity index (χ3v) is 2.36. The van der Waals surface area contributed by atoms with E-state index in [0.29, 0.717) is 5.92 Å². The van der Waals surface area contributed by atoms with E-state index in [-0.39, 0.29) is 0 Å². The second-order valence-corrected chi connectivity index (χ2v) is 4.26. The second kappa shape index (κ2) is 5.64. The number of hydrogen-bond donors (Lipinski definition) is 0. The van der Waals surface area contributed by atoms with Crippen molar-refractivity contribution in [3.05, 3.63) is 48.0 Å². The van der Waals surface area contributed by atoms with E-state index in [1.807, 2.05) is 0 Å². The van der Waals surface area contributed by atoms with E-state index in [9.17, 15) is 0 Å². The highest BCUT2D eigenvalue weighted by molar-refractivity contribution is 5.22. The summed E-state index contributed by atoms with van der Waals surface area (Å²) in [6.07, 6.45) is 5.77. The topological polar surface area (TPSA) is 0 Å². The molecule has 0 N–H and O–H groups in total. The molecule has 0 nitrogen and oxygen atoms in total. The van der Waals surface area contributed by atoms with Crippen LogP contribution in [0.15, 0.2) is 42.5 Å². The lowest BCUT2D eigenvalue weighted by Gasteiger charge is -2.06. The predicted octanol–water partition coefficient (Wildman–Crippen LogP) is 4.39. The maximum Gasteiger partial charge on any atom is -0.00104 e. The maximum absolute atomic E-state index is 2.30. The van der Waals surface area contributed by atoms with Crippen molar-refractivity contribution in [1.82, 2.24) is 0 Å². The number of benzene rings is 1. The molecule has 1 aromatic rings. The van der Waals surface area contributed by atoms with E-state index in [2.05, 4.69) is 63.3 Å². The molecule has 0 aliphatic rings. The molecule has 0 amide bonds. The first-order valence-corrected chi connectivity index (χ1v) is 5.41. The summed E-state index contributed by atoms with van der Waals surface area (Å²) in [7, 11) is 0. The van der Waals surface area contributed by atoms with Gasteiger partial charge in [0.25, 0.3) is 0 Å². The van der Waals surface area contributed by atoms with E-state index in [4.69, 9.17) is 0 Å². The van der Waals surface area contributed by atoms with Crippen molar-refractivity contribution in [3.63, 3.8) is 0 Å². The molecule has 0 radical (unpaired) electrons. The van der Waals surface area contributed by atoms with Crippen LogP contribution in [0.3, 0.4) is 0 Å². The SMILES string of the molecule is CC(C)C/C=C/[C@@H](C)c1ccccc1. The molecule has 0 saturated carbocycles. The minimum Gasteiger partial charge on any atom is -0.0877 e. The monoisotopic (exact) mass is 188 g/mol. The lowest BCUT2D eigenvalue weighted by Crippen LogP contribution is -1.89. The van der Waals surface area contributed by atoms with Gasteiger partial charge < -0.3 is 0 Å². The van der Waals surface area contributed by atoms with Crippen LogP contribution in [0.25, 0.3) is 0 Å². The minimum absolute atomic E-state index is 0.537. The first kappa shape index (κ1) is 11.0. The fourth-order valence-electron chi connectivity index (χ4n) is 1.42. The zero-order chi connectivity index (χ0) is 10.4. The molecule has 0 spiro atoms. The highest BCUT2D eigenvalue weighted by atomic mass is 14.0. The van der Waals surface area contributed by atoms with E-state index in [1.165, 1.54) is 12.0 Å². The molecule has 0 unspecified atom stereocenters. The summed E-state index contributed by atoms with van der Waals surface area (Å²) in [4.78, 5) is 0. The van der Waals surface area contributed by atoms with Crippen molar-refractivity contribution in [1.29, 1.82) is 0 Å². The van der Waals surface area contributed by atoms with Crippen LogP contribution in [-0.2, 0) is 0 Å². The summed E-state index contributed by atoms with van der Waals surface area (Å²) in [5.41, 5.74) is 1.40. The van der Waals surface area contributed by atoms with Gasteiger partial charge in [-0.15, -0.1) is 0 Å². The standard InChI is InChI=1S/C14H20/c1-12(2)8-7-9-13(3)14-10-5-4-6-11-14/h4-7,9-13H,8H2,1-3H3/b9-7+/t13-/m1/s1. The molecule has 0 aliphatic carbocycles. The van der Waals surface area contributed by atoms with Crippen LogP contribution in [-0.4, -0.2) is 0 Å². The van der Waals surface area contributed by atoms with E-state index in [0.717, 1.165) is 5.92 Å². The molecular formula is C14H20. The molecule has 1 rings (SSSR count). The van der Waals surface area contributed by atoms with Crippen molar-refractivity contribution in [2.24, 2.45) is 5.92 Å². The summed E-state index contributed by atoms with van der Waals surface area (Å²) in [5.74, 6) is 1.30. The Hall–Kier alpha value is -1.04. The zero-order valence-corrected chi connectivity index (χ0v) is 9.40. The van der Waals surface area contributed by atoms with Gasteiger partial charge in [-0.1, -0.05) is 63.3 Å². The molecule has 14 heavy (non-hydrogen) atoms. The molecule has 1 aromatic carbocycles. The van der Waals surface area contributed by atoms with Crippen LogP contribution in [0.2, 0.25) is 0 Å². The van der Waals surface area contributed by atoms with E-state index < -0.39 is 0 Å². The Labute approximate surface area is 87.7 Å². The van der Waals surface area contributed by atoms with Crippen LogP contribution in [0.4, 0.5) is 0 Å². The first-order chi connectivity index (χ1) is 6.70. The van der Waals surface area contributed by atoms with Gasteiger partial charge in [0.05, 0.1) is 0 Å². The molecule has 0 aliphatic heterocycles. The largest absolute Gasteiger partial charge is 0.0877 e. The molecule has 0 saturated heterocycles. The van der Waals surface area contributed by atoms with Gasteiger partial charge in [0, 0.05) is 0 Å². The maximum atomic E-state index is 2.30. The van der Waals surface area contributed by atoms with Gasteiger partial charge >= 0.3 is 0 Å². The molecular weight excluding hydrogens is 168 g/mol. The average molecular weight is 188 g/mol. The van der Waals surface area contributed by atoms with Crippen LogP contribution >= 0.6 is 0 Å². The zero-order valence-electron chi connectivity index (χ0n) is 9.40. The van der Waals surface area contributed by atoms with Crippen LogP contribution in [0, 0.1) is 5.92 Å². The third-order valence-electron chi connectivity index (χ3n) is 2.36. The molecule has 0 bridgehead atoms. The van der Waals surface area contributed by atoms with Gasteiger partial charge in [-0.2, -0.15) is 0 Å². The van der Waals surface area contributed by atoms with Crippen LogP contribution in [0.1, 0.15) is 38.7 Å². The Balaban J connectivity index is 2.50. The quantitative estimate of drug-likeness (QED) is 0.615. The summed E-state index contributed by atoms with van der Waals surface area (Å²) < 4.78 is 0. The predicted molar refractivity (Wildman–Crippen MR) is 63.5 cm³/mol. The number of rotatable bonds is 4. The summed E-state index contributed by atoms with van der Waals surface area (Å²) in [5, 5.41) is 0. The van der Waals surface area contributed by atoms with Gasteiger partial charge in [-0.3, -0.25) is 0 Å². The van der Waals surface area contributed by atoms with Gasteiger partial charge in [0.15, 0.2) is 0 Å². The normalized spacial score (nSPS) is 13.7. The van der Waals surface area contributed by atoms with Crippen molar-refractivity contribution in [2.75, 3.05) is 0 Å². The Morgan fingerprint density at radius 2 is 1.71 bits per heavy atom. The highest BCUT2D eigenvalue weighted by Gasteiger charge is 1.98. The van der Waals surface area contributed by atoms with Gasteiger partial charge in [0.2, 0.25) is 0 Å². The Bertz CT molecular complexity index is 269. The number of hydrogen-bond acceptors (Lipinski definition) is 0. The van der Waals surface area contributed by atoms with Gasteiger partial charge in [-0.25, -0.2) is 0 Å².